The molecule has 2 heteroatoms. The van der Waals surface area contributed by atoms with Crippen molar-refractivity contribution >= 4 is 21.7 Å². The van der Waals surface area contributed by atoms with Crippen LogP contribution in [0.25, 0.3) is 0 Å². The van der Waals surface area contributed by atoms with Crippen LogP contribution in [0, 0.1) is 5.92 Å². The van der Waals surface area contributed by atoms with Crippen molar-refractivity contribution in [3.8, 4) is 0 Å². The van der Waals surface area contributed by atoms with Crippen LogP contribution in [0.15, 0.2) is 28.7 Å². The molecule has 0 saturated carbocycles. The Hall–Kier alpha value is -0.630. The van der Waals surface area contributed by atoms with E-state index in [1.54, 1.807) is 0 Å². The van der Waals surface area contributed by atoms with Gasteiger partial charge in [-0.25, -0.2) is 0 Å². The standard InChI is InChI=1S/C14H19BrO/c1-3-11(2)5-4-6-14(16)12-7-9-13(15)10-8-12/h7-11H,3-6H2,1-2H3. The highest BCUT2D eigenvalue weighted by molar-refractivity contribution is 9.10. The molecule has 1 aromatic carbocycles. The van der Waals surface area contributed by atoms with Gasteiger partial charge in [0.25, 0.3) is 0 Å². The van der Waals surface area contributed by atoms with Crippen LogP contribution < -0.4 is 0 Å². The van der Waals surface area contributed by atoms with Gasteiger partial charge in [-0.2, -0.15) is 0 Å². The highest BCUT2D eigenvalue weighted by Gasteiger charge is 2.06. The van der Waals surface area contributed by atoms with Crippen LogP contribution in [0.5, 0.6) is 0 Å². The number of halogens is 1. The molecule has 1 nitrogen and oxygen atoms in total. The van der Waals surface area contributed by atoms with E-state index >= 15 is 0 Å². The second-order valence-corrected chi connectivity index (χ2v) is 5.25. The van der Waals surface area contributed by atoms with Gasteiger partial charge in [0.2, 0.25) is 0 Å². The van der Waals surface area contributed by atoms with Crippen LogP contribution in [0.3, 0.4) is 0 Å². The fourth-order valence-corrected chi connectivity index (χ4v) is 1.86. The van der Waals surface area contributed by atoms with Crippen molar-refractivity contribution in [2.75, 3.05) is 0 Å². The van der Waals surface area contributed by atoms with E-state index in [0.29, 0.717) is 6.42 Å². The van der Waals surface area contributed by atoms with Gasteiger partial charge in [-0.1, -0.05) is 54.8 Å². The summed E-state index contributed by atoms with van der Waals surface area (Å²) in [6, 6.07) is 7.61. The maximum Gasteiger partial charge on any atom is 0.162 e. The Morgan fingerprint density at radius 1 is 1.31 bits per heavy atom. The van der Waals surface area contributed by atoms with E-state index in [-0.39, 0.29) is 5.78 Å². The molecule has 0 aliphatic rings. The van der Waals surface area contributed by atoms with Gasteiger partial charge >= 0.3 is 0 Å². The Balaban J connectivity index is 2.38. The highest BCUT2D eigenvalue weighted by Crippen LogP contribution is 2.15. The summed E-state index contributed by atoms with van der Waals surface area (Å²) in [5.41, 5.74) is 0.826. The molecule has 0 aliphatic heterocycles. The lowest BCUT2D eigenvalue weighted by molar-refractivity contribution is 0.0978. The van der Waals surface area contributed by atoms with Crippen LogP contribution in [0.2, 0.25) is 0 Å². The smallest absolute Gasteiger partial charge is 0.162 e. The number of Topliss-reactive ketones (excluding diaryl/α,β-unsaturated/α-hetero) is 1. The first-order valence-electron chi connectivity index (χ1n) is 5.92. The highest BCUT2D eigenvalue weighted by atomic mass is 79.9. The number of benzene rings is 1. The molecule has 0 aromatic heterocycles. The maximum absolute atomic E-state index is 11.8. The summed E-state index contributed by atoms with van der Waals surface area (Å²) in [4.78, 5) is 11.8. The third-order valence-corrected chi connectivity index (χ3v) is 3.49. The quantitative estimate of drug-likeness (QED) is 0.682. The van der Waals surface area contributed by atoms with Crippen molar-refractivity contribution in [2.45, 2.75) is 39.5 Å². The molecule has 0 saturated heterocycles. The van der Waals surface area contributed by atoms with Crippen molar-refractivity contribution in [1.82, 2.24) is 0 Å². The lowest BCUT2D eigenvalue weighted by Gasteiger charge is -2.07. The van der Waals surface area contributed by atoms with E-state index in [0.717, 1.165) is 28.8 Å². The van der Waals surface area contributed by atoms with E-state index < -0.39 is 0 Å². The first-order valence-corrected chi connectivity index (χ1v) is 6.71. The fourth-order valence-electron chi connectivity index (χ4n) is 1.60. The largest absolute Gasteiger partial charge is 0.294 e. The first-order chi connectivity index (χ1) is 7.63. The molecular weight excluding hydrogens is 264 g/mol. The number of hydrogen-bond donors (Lipinski definition) is 0. The number of hydrogen-bond acceptors (Lipinski definition) is 1. The van der Waals surface area contributed by atoms with Gasteiger partial charge in [-0.3, -0.25) is 4.79 Å². The molecular formula is C14H19BrO. The van der Waals surface area contributed by atoms with E-state index in [4.69, 9.17) is 0 Å². The molecule has 0 amide bonds. The summed E-state index contributed by atoms with van der Waals surface area (Å²) >= 11 is 3.36. The average molecular weight is 283 g/mol. The summed E-state index contributed by atoms with van der Waals surface area (Å²) < 4.78 is 1.02. The van der Waals surface area contributed by atoms with Gasteiger partial charge < -0.3 is 0 Å². The first kappa shape index (κ1) is 13.4. The second-order valence-electron chi connectivity index (χ2n) is 4.34. The molecule has 0 fully saturated rings. The predicted octanol–water partition coefficient (Wildman–Crippen LogP) is 4.85. The molecule has 88 valence electrons. The van der Waals surface area contributed by atoms with Crippen LogP contribution in [-0.4, -0.2) is 5.78 Å². The molecule has 0 aliphatic carbocycles. The van der Waals surface area contributed by atoms with Gasteiger partial charge in [-0.05, 0) is 24.5 Å². The zero-order valence-corrected chi connectivity index (χ0v) is 11.6. The minimum atomic E-state index is 0.260. The molecule has 1 aromatic rings. The maximum atomic E-state index is 11.8. The molecule has 0 radical (unpaired) electrons. The van der Waals surface area contributed by atoms with Crippen molar-refractivity contribution in [1.29, 1.82) is 0 Å². The number of rotatable bonds is 6. The second kappa shape index (κ2) is 6.85. The van der Waals surface area contributed by atoms with Gasteiger partial charge in [-0.15, -0.1) is 0 Å². The topological polar surface area (TPSA) is 17.1 Å². The summed E-state index contributed by atoms with van der Waals surface area (Å²) in [7, 11) is 0. The Morgan fingerprint density at radius 2 is 1.94 bits per heavy atom. The van der Waals surface area contributed by atoms with Crippen molar-refractivity contribution in [2.24, 2.45) is 5.92 Å². The average Bonchev–Trinajstić information content (AvgIpc) is 2.29. The lowest BCUT2D eigenvalue weighted by atomic mass is 9.99. The number of ketones is 1. The number of carbonyl (C=O) groups is 1. The molecule has 0 bridgehead atoms. The van der Waals surface area contributed by atoms with Gasteiger partial charge in [0.05, 0.1) is 0 Å². The molecule has 0 spiro atoms. The lowest BCUT2D eigenvalue weighted by Crippen LogP contribution is -2.00. The Labute approximate surface area is 106 Å². The van der Waals surface area contributed by atoms with Crippen molar-refractivity contribution in [3.05, 3.63) is 34.3 Å². The SMILES string of the molecule is CCC(C)CCCC(=O)c1ccc(Br)cc1. The summed E-state index contributed by atoms with van der Waals surface area (Å²) in [6.45, 7) is 4.44. The summed E-state index contributed by atoms with van der Waals surface area (Å²) in [5, 5.41) is 0. The summed E-state index contributed by atoms with van der Waals surface area (Å²) in [5.74, 6) is 0.994. The molecule has 0 heterocycles. The van der Waals surface area contributed by atoms with E-state index in [1.165, 1.54) is 6.42 Å². The minimum absolute atomic E-state index is 0.260. The van der Waals surface area contributed by atoms with Crippen LogP contribution in [0.4, 0.5) is 0 Å². The van der Waals surface area contributed by atoms with Crippen molar-refractivity contribution < 1.29 is 4.79 Å². The van der Waals surface area contributed by atoms with Gasteiger partial charge in [0, 0.05) is 16.5 Å². The fraction of sp³-hybridized carbons (Fsp3) is 0.500. The zero-order valence-electron chi connectivity index (χ0n) is 10.0. The molecule has 0 N–H and O–H groups in total. The van der Waals surface area contributed by atoms with Gasteiger partial charge in [0.15, 0.2) is 5.78 Å². The molecule has 1 unspecified atom stereocenters. The van der Waals surface area contributed by atoms with E-state index in [1.807, 2.05) is 24.3 Å². The molecule has 1 atom stereocenters. The zero-order chi connectivity index (χ0) is 12.0. The molecule has 1 rings (SSSR count). The Kier molecular flexibility index (Phi) is 5.75. The van der Waals surface area contributed by atoms with E-state index in [9.17, 15) is 4.79 Å². The normalized spacial score (nSPS) is 12.4. The van der Waals surface area contributed by atoms with E-state index in [2.05, 4.69) is 29.8 Å². The Bertz CT molecular complexity index is 329. The monoisotopic (exact) mass is 282 g/mol. The summed E-state index contributed by atoms with van der Waals surface area (Å²) in [6.07, 6.45) is 4.03. The third-order valence-electron chi connectivity index (χ3n) is 2.96. The Morgan fingerprint density at radius 3 is 2.50 bits per heavy atom. The molecule has 16 heavy (non-hydrogen) atoms. The van der Waals surface area contributed by atoms with Crippen LogP contribution in [0.1, 0.15) is 49.9 Å². The van der Waals surface area contributed by atoms with Crippen LogP contribution in [-0.2, 0) is 0 Å². The third kappa shape index (κ3) is 4.48. The van der Waals surface area contributed by atoms with Crippen LogP contribution >= 0.6 is 15.9 Å². The van der Waals surface area contributed by atoms with Crippen molar-refractivity contribution in [3.63, 3.8) is 0 Å². The number of carbonyl (C=O) groups excluding carboxylic acids is 1. The predicted molar refractivity (Wildman–Crippen MR) is 71.8 cm³/mol. The van der Waals surface area contributed by atoms with Gasteiger partial charge in [0.1, 0.15) is 0 Å². The minimum Gasteiger partial charge on any atom is -0.294 e.